The van der Waals surface area contributed by atoms with Crippen LogP contribution in [-0.2, 0) is 43.2 Å². The fourth-order valence-electron chi connectivity index (χ4n) is 6.66. The Morgan fingerprint density at radius 3 is 2.27 bits per heavy atom. The second-order valence-corrected chi connectivity index (χ2v) is 12.4. The summed E-state index contributed by atoms with van der Waals surface area (Å²) in [5, 5.41) is 18.4. The van der Waals surface area contributed by atoms with Crippen LogP contribution in [0.2, 0.25) is 0 Å². The molecule has 234 valence electrons. The monoisotopic (exact) mass is 602 g/mol. The predicted octanol–water partition coefficient (Wildman–Crippen LogP) is 1.76. The average molecular weight is 603 g/mol. The molecule has 10 heteroatoms. The highest BCUT2D eigenvalue weighted by atomic mass is 16.3. The van der Waals surface area contributed by atoms with Gasteiger partial charge in [-0.05, 0) is 49.3 Å². The Morgan fingerprint density at radius 2 is 1.59 bits per heavy atom. The van der Waals surface area contributed by atoms with Crippen LogP contribution >= 0.6 is 0 Å². The van der Waals surface area contributed by atoms with E-state index in [4.69, 9.17) is 0 Å². The zero-order valence-corrected chi connectivity index (χ0v) is 25.2. The van der Waals surface area contributed by atoms with Crippen LogP contribution in [0, 0.1) is 0 Å². The number of carbonyl (C=O) groups is 5. The minimum Gasteiger partial charge on any atom is -0.386 e. The highest BCUT2D eigenvalue weighted by Gasteiger charge is 2.48. The summed E-state index contributed by atoms with van der Waals surface area (Å²) in [6.45, 7) is 1.84. The summed E-state index contributed by atoms with van der Waals surface area (Å²) in [5.74, 6) is -1.79. The maximum Gasteiger partial charge on any atom is 0.247 e. The molecular weight excluding hydrogens is 560 g/mol. The molecule has 2 saturated heterocycles. The van der Waals surface area contributed by atoms with Gasteiger partial charge in [0.2, 0.25) is 23.6 Å². The summed E-state index contributed by atoms with van der Waals surface area (Å²) in [6, 6.07) is 14.6. The molecule has 2 heterocycles. The van der Waals surface area contributed by atoms with Crippen LogP contribution in [0.15, 0.2) is 54.6 Å². The fraction of sp³-hybridized carbons (Fsp3) is 0.500. The largest absolute Gasteiger partial charge is 0.386 e. The Labute approximate surface area is 258 Å². The zero-order valence-electron chi connectivity index (χ0n) is 25.2. The molecule has 0 bridgehead atoms. The number of aliphatic hydroxyl groups is 1. The lowest BCUT2D eigenvalue weighted by Crippen LogP contribution is -2.67. The lowest BCUT2D eigenvalue weighted by atomic mass is 9.91. The molecule has 0 saturated carbocycles. The van der Waals surface area contributed by atoms with E-state index in [1.54, 1.807) is 4.90 Å². The van der Waals surface area contributed by atoms with Gasteiger partial charge in [-0.25, -0.2) is 0 Å². The minimum absolute atomic E-state index is 0.229. The van der Waals surface area contributed by atoms with Crippen LogP contribution in [0.4, 0.5) is 0 Å². The van der Waals surface area contributed by atoms with E-state index in [1.807, 2.05) is 54.6 Å². The third-order valence-electron chi connectivity index (χ3n) is 9.14. The molecule has 2 aliphatic heterocycles. The number of ketones is 1. The van der Waals surface area contributed by atoms with Gasteiger partial charge in [-0.15, -0.1) is 0 Å². The molecule has 10 nitrogen and oxygen atoms in total. The second kappa shape index (κ2) is 13.7. The number of aliphatic hydroxyl groups excluding tert-OH is 1. The Morgan fingerprint density at radius 1 is 0.909 bits per heavy atom. The lowest BCUT2D eigenvalue weighted by molar-refractivity contribution is -0.144. The van der Waals surface area contributed by atoms with E-state index in [9.17, 15) is 29.1 Å². The van der Waals surface area contributed by atoms with Crippen LogP contribution in [0.3, 0.4) is 0 Å². The fourth-order valence-corrected chi connectivity index (χ4v) is 6.66. The van der Waals surface area contributed by atoms with E-state index < -0.39 is 41.6 Å². The zero-order chi connectivity index (χ0) is 31.3. The molecule has 2 fully saturated rings. The Balaban J connectivity index is 1.42. The number of nitrogens with one attached hydrogen (secondary N) is 3. The molecule has 4 atom stereocenters. The smallest absolute Gasteiger partial charge is 0.247 e. The first-order valence-electron chi connectivity index (χ1n) is 15.7. The van der Waals surface area contributed by atoms with E-state index in [2.05, 4.69) is 16.0 Å². The number of Topliss-reactive ketones (excluding diaryl/α,β-unsaturated/α-hetero) is 1. The van der Waals surface area contributed by atoms with Crippen molar-refractivity contribution in [2.45, 2.75) is 101 Å². The topological polar surface area (TPSA) is 145 Å². The van der Waals surface area contributed by atoms with Crippen molar-refractivity contribution in [1.29, 1.82) is 0 Å². The number of amides is 4. The number of hydrogen-bond donors (Lipinski definition) is 4. The Kier molecular flexibility index (Phi) is 9.78. The van der Waals surface area contributed by atoms with Crippen LogP contribution in [0.1, 0.15) is 68.6 Å². The first-order valence-corrected chi connectivity index (χ1v) is 15.7. The van der Waals surface area contributed by atoms with Crippen molar-refractivity contribution in [3.8, 4) is 0 Å². The standard InChI is InChI=1S/C34H42N4O6/c1-22(39)29(40)17-7-3-6-15-26-30(41)37-34(20-24-13-8-9-14-25(24)21-34)33(44)36-27(19-23-11-4-2-5-12-23)32(43)38-18-10-16-28(38)31(42)35-26/h2,4-5,8-9,11-14,22,26-28,39H,3,6-7,10,15-21H2,1H3,(H,35,42)(H,36,44)(H,37,41)/t22-,26+,27+,28-/m1/s1. The van der Waals surface area contributed by atoms with E-state index in [0.717, 1.165) is 16.7 Å². The van der Waals surface area contributed by atoms with Gasteiger partial charge in [-0.2, -0.15) is 0 Å². The normalized spacial score (nSPS) is 24.0. The Bertz CT molecular complexity index is 1370. The van der Waals surface area contributed by atoms with E-state index in [0.29, 0.717) is 45.1 Å². The second-order valence-electron chi connectivity index (χ2n) is 12.4. The van der Waals surface area contributed by atoms with Gasteiger partial charge >= 0.3 is 0 Å². The SMILES string of the molecule is C[C@@H](O)C(=O)CCCCC[C@@H]1NC(=O)[C@H]2CCCN2C(=O)[C@H](Cc2ccccc2)NC(=O)C2(Cc3ccccc3C2)NC1=O. The van der Waals surface area contributed by atoms with Crippen molar-refractivity contribution in [1.82, 2.24) is 20.9 Å². The van der Waals surface area contributed by atoms with E-state index in [1.165, 1.54) is 6.92 Å². The summed E-state index contributed by atoms with van der Waals surface area (Å²) in [7, 11) is 0. The van der Waals surface area contributed by atoms with Gasteiger partial charge in [-0.1, -0.05) is 67.4 Å². The molecule has 2 aromatic carbocycles. The molecule has 4 amide bonds. The number of benzene rings is 2. The highest BCUT2D eigenvalue weighted by molar-refractivity contribution is 6.00. The number of fused-ring (bicyclic) bond motifs is 2. The van der Waals surface area contributed by atoms with Crippen LogP contribution < -0.4 is 16.0 Å². The number of hydrogen-bond acceptors (Lipinski definition) is 6. The van der Waals surface area contributed by atoms with Crippen molar-refractivity contribution in [3.05, 3.63) is 71.3 Å². The van der Waals surface area contributed by atoms with Gasteiger partial charge < -0.3 is 26.0 Å². The molecule has 44 heavy (non-hydrogen) atoms. The van der Waals surface area contributed by atoms with Crippen molar-refractivity contribution in [2.75, 3.05) is 6.54 Å². The quantitative estimate of drug-likeness (QED) is 0.322. The molecule has 4 N–H and O–H groups in total. The Hall–Kier alpha value is -4.05. The highest BCUT2D eigenvalue weighted by Crippen LogP contribution is 2.31. The maximum atomic E-state index is 14.3. The molecule has 2 aromatic rings. The van der Waals surface area contributed by atoms with Gasteiger partial charge in [0, 0.05) is 32.2 Å². The lowest BCUT2D eigenvalue weighted by Gasteiger charge is -2.36. The molecule has 0 unspecified atom stereocenters. The van der Waals surface area contributed by atoms with Gasteiger partial charge in [0.1, 0.15) is 29.8 Å². The summed E-state index contributed by atoms with van der Waals surface area (Å²) < 4.78 is 0. The number of carbonyl (C=O) groups excluding carboxylic acids is 5. The summed E-state index contributed by atoms with van der Waals surface area (Å²) in [4.78, 5) is 69.3. The molecular formula is C34H42N4O6. The van der Waals surface area contributed by atoms with Crippen molar-refractivity contribution < 1.29 is 29.1 Å². The van der Waals surface area contributed by atoms with E-state index in [-0.39, 0.29) is 43.3 Å². The third kappa shape index (κ3) is 7.01. The first-order chi connectivity index (χ1) is 21.2. The van der Waals surface area contributed by atoms with Crippen LogP contribution in [0.25, 0.3) is 0 Å². The van der Waals surface area contributed by atoms with Crippen molar-refractivity contribution in [3.63, 3.8) is 0 Å². The van der Waals surface area contributed by atoms with Gasteiger partial charge in [0.15, 0.2) is 5.78 Å². The van der Waals surface area contributed by atoms with Crippen molar-refractivity contribution in [2.24, 2.45) is 0 Å². The molecule has 5 rings (SSSR count). The number of unbranched alkanes of at least 4 members (excludes halogenated alkanes) is 2. The molecule has 1 spiro atoms. The first kappa shape index (κ1) is 31.4. The summed E-state index contributed by atoms with van der Waals surface area (Å²) >= 11 is 0. The third-order valence-corrected chi connectivity index (χ3v) is 9.14. The van der Waals surface area contributed by atoms with Crippen LogP contribution in [-0.4, -0.2) is 75.7 Å². The van der Waals surface area contributed by atoms with Crippen LogP contribution in [0.5, 0.6) is 0 Å². The van der Waals surface area contributed by atoms with Gasteiger partial charge in [0.05, 0.1) is 0 Å². The number of rotatable bonds is 9. The summed E-state index contributed by atoms with van der Waals surface area (Å²) in [5.41, 5.74) is 1.45. The molecule has 0 radical (unpaired) electrons. The average Bonchev–Trinajstić information content (AvgIpc) is 3.65. The van der Waals surface area contributed by atoms with Gasteiger partial charge in [0.25, 0.3) is 0 Å². The molecule has 0 aromatic heterocycles. The number of nitrogens with zero attached hydrogens (tertiary/aromatic N) is 1. The predicted molar refractivity (Wildman–Crippen MR) is 163 cm³/mol. The van der Waals surface area contributed by atoms with Gasteiger partial charge in [-0.3, -0.25) is 24.0 Å². The molecule has 3 aliphatic rings. The van der Waals surface area contributed by atoms with E-state index >= 15 is 0 Å². The van der Waals surface area contributed by atoms with Crippen molar-refractivity contribution >= 4 is 29.4 Å². The minimum atomic E-state index is -1.33. The molecule has 1 aliphatic carbocycles. The summed E-state index contributed by atoms with van der Waals surface area (Å²) in [6.07, 6.45) is 3.18. The maximum absolute atomic E-state index is 14.3.